The zero-order valence-electron chi connectivity index (χ0n) is 10.4. The van der Waals surface area contributed by atoms with Gasteiger partial charge in [-0.25, -0.2) is 0 Å². The molecule has 2 rings (SSSR count). The summed E-state index contributed by atoms with van der Waals surface area (Å²) in [4.78, 5) is 0. The Kier molecular flexibility index (Phi) is 4.60. The molecule has 0 aliphatic heterocycles. The van der Waals surface area contributed by atoms with Gasteiger partial charge in [-0.2, -0.15) is 0 Å². The molecule has 0 aromatic heterocycles. The summed E-state index contributed by atoms with van der Waals surface area (Å²) in [6.07, 6.45) is -0.697. The molecule has 0 radical (unpaired) electrons. The van der Waals surface area contributed by atoms with E-state index in [1.807, 2.05) is 60.7 Å². The fourth-order valence-electron chi connectivity index (χ4n) is 1.92. The highest BCUT2D eigenvalue weighted by molar-refractivity contribution is 8.13. The van der Waals surface area contributed by atoms with E-state index >= 15 is 0 Å². The van der Waals surface area contributed by atoms with Gasteiger partial charge in [0.25, 0.3) is 0 Å². The molecule has 0 heterocycles. The first-order chi connectivity index (χ1) is 9.18. The molecule has 2 aromatic carbocycles. The number of aliphatic hydroxyl groups is 1. The minimum atomic E-state index is -0.697. The Balaban J connectivity index is 2.30. The molecule has 0 saturated heterocycles. The van der Waals surface area contributed by atoms with E-state index < -0.39 is 6.10 Å². The van der Waals surface area contributed by atoms with Crippen LogP contribution in [0.3, 0.4) is 0 Å². The van der Waals surface area contributed by atoms with Gasteiger partial charge in [0.2, 0.25) is 0 Å². The van der Waals surface area contributed by atoms with Gasteiger partial charge in [0.05, 0.1) is 11.4 Å². The molecule has 19 heavy (non-hydrogen) atoms. The van der Waals surface area contributed by atoms with Crippen LogP contribution in [0.2, 0.25) is 0 Å². The highest BCUT2D eigenvalue weighted by atomic mass is 32.2. The number of aliphatic hydroxyl groups excluding tert-OH is 1. The molecule has 4 heteroatoms. The lowest BCUT2D eigenvalue weighted by atomic mass is 10.0. The third kappa shape index (κ3) is 3.59. The molecule has 0 aliphatic rings. The third-order valence-corrected chi connectivity index (χ3v) is 3.85. The number of amidine groups is 1. The first-order valence-corrected chi connectivity index (χ1v) is 6.85. The maximum absolute atomic E-state index is 10.5. The van der Waals surface area contributed by atoms with Crippen molar-refractivity contribution in [1.82, 2.24) is 0 Å². The van der Waals surface area contributed by atoms with Crippen molar-refractivity contribution in [1.29, 1.82) is 5.41 Å². The second-order valence-corrected chi connectivity index (χ2v) is 5.35. The first-order valence-electron chi connectivity index (χ1n) is 5.97. The van der Waals surface area contributed by atoms with Crippen LogP contribution in [0.15, 0.2) is 60.7 Å². The number of nitrogens with one attached hydrogen (secondary N) is 1. The van der Waals surface area contributed by atoms with Crippen molar-refractivity contribution >= 4 is 16.9 Å². The standard InChI is InChI=1S/C15H16N2OS/c16-15(17)19-14(12-9-5-2-6-10-12)13(18)11-7-3-1-4-8-11/h1-10,13-14,18H,(H3,16,17)/t13-,14-/m1/s1. The van der Waals surface area contributed by atoms with E-state index in [1.54, 1.807) is 0 Å². The molecule has 0 amide bonds. The molecule has 98 valence electrons. The van der Waals surface area contributed by atoms with Crippen LogP contribution in [-0.2, 0) is 0 Å². The van der Waals surface area contributed by atoms with Crippen molar-refractivity contribution in [2.75, 3.05) is 0 Å². The van der Waals surface area contributed by atoms with Crippen molar-refractivity contribution < 1.29 is 5.11 Å². The second kappa shape index (κ2) is 6.41. The first kappa shape index (κ1) is 13.6. The fraction of sp³-hybridized carbons (Fsp3) is 0.133. The monoisotopic (exact) mass is 272 g/mol. The molecular weight excluding hydrogens is 256 g/mol. The summed E-state index contributed by atoms with van der Waals surface area (Å²) >= 11 is 1.17. The average molecular weight is 272 g/mol. The number of hydrogen-bond acceptors (Lipinski definition) is 3. The Morgan fingerprint density at radius 2 is 1.42 bits per heavy atom. The molecule has 2 atom stereocenters. The van der Waals surface area contributed by atoms with E-state index in [2.05, 4.69) is 0 Å². The van der Waals surface area contributed by atoms with Crippen molar-refractivity contribution in [2.24, 2.45) is 5.73 Å². The number of rotatable bonds is 4. The molecule has 0 saturated carbocycles. The molecular formula is C15H16N2OS. The molecule has 0 fully saturated rings. The highest BCUT2D eigenvalue weighted by Crippen LogP contribution is 2.39. The predicted octanol–water partition coefficient (Wildman–Crippen LogP) is 3.09. The number of benzene rings is 2. The van der Waals surface area contributed by atoms with E-state index in [9.17, 15) is 5.11 Å². The number of thioether (sulfide) groups is 1. The smallest absolute Gasteiger partial charge is 0.151 e. The second-order valence-electron chi connectivity index (χ2n) is 4.17. The van der Waals surface area contributed by atoms with Gasteiger partial charge in [0, 0.05) is 0 Å². The largest absolute Gasteiger partial charge is 0.387 e. The summed E-state index contributed by atoms with van der Waals surface area (Å²) in [5, 5.41) is 17.7. The van der Waals surface area contributed by atoms with Crippen LogP contribution < -0.4 is 5.73 Å². The maximum Gasteiger partial charge on any atom is 0.151 e. The Hall–Kier alpha value is -1.78. The van der Waals surface area contributed by atoms with Crippen LogP contribution in [0.25, 0.3) is 0 Å². The van der Waals surface area contributed by atoms with Crippen molar-refractivity contribution in [3.8, 4) is 0 Å². The number of nitrogens with two attached hydrogens (primary N) is 1. The SMILES string of the molecule is N=C(N)S[C@H](c1ccccc1)[C@H](O)c1ccccc1. The van der Waals surface area contributed by atoms with Crippen molar-refractivity contribution in [3.05, 3.63) is 71.8 Å². The zero-order chi connectivity index (χ0) is 13.7. The quantitative estimate of drug-likeness (QED) is 0.591. The van der Waals surface area contributed by atoms with Crippen molar-refractivity contribution in [2.45, 2.75) is 11.4 Å². The minimum absolute atomic E-state index is 0.00355. The summed E-state index contributed by atoms with van der Waals surface area (Å²) in [5.41, 5.74) is 7.26. The molecule has 0 unspecified atom stereocenters. The van der Waals surface area contributed by atoms with Crippen LogP contribution in [0.1, 0.15) is 22.5 Å². The summed E-state index contributed by atoms with van der Waals surface area (Å²) in [6.45, 7) is 0. The Morgan fingerprint density at radius 1 is 0.947 bits per heavy atom. The topological polar surface area (TPSA) is 70.1 Å². The van der Waals surface area contributed by atoms with Crippen LogP contribution in [-0.4, -0.2) is 10.3 Å². The normalized spacial score (nSPS) is 13.7. The van der Waals surface area contributed by atoms with E-state index in [0.717, 1.165) is 11.1 Å². The van der Waals surface area contributed by atoms with Crippen LogP contribution in [0.5, 0.6) is 0 Å². The lowest BCUT2D eigenvalue weighted by Gasteiger charge is -2.22. The number of hydrogen-bond donors (Lipinski definition) is 3. The summed E-state index contributed by atoms with van der Waals surface area (Å²) in [6, 6.07) is 19.1. The highest BCUT2D eigenvalue weighted by Gasteiger charge is 2.24. The maximum atomic E-state index is 10.5. The molecule has 0 aliphatic carbocycles. The van der Waals surface area contributed by atoms with Gasteiger partial charge in [-0.1, -0.05) is 72.4 Å². The average Bonchev–Trinajstić information content (AvgIpc) is 2.46. The van der Waals surface area contributed by atoms with Gasteiger partial charge in [-0.05, 0) is 11.1 Å². The summed E-state index contributed by atoms with van der Waals surface area (Å²) in [7, 11) is 0. The predicted molar refractivity (Wildman–Crippen MR) is 80.1 cm³/mol. The van der Waals surface area contributed by atoms with Gasteiger partial charge in [0.1, 0.15) is 0 Å². The lowest BCUT2D eigenvalue weighted by Crippen LogP contribution is -2.14. The Labute approximate surface area is 117 Å². The van der Waals surface area contributed by atoms with Gasteiger partial charge in [0.15, 0.2) is 5.17 Å². The van der Waals surface area contributed by atoms with Gasteiger partial charge >= 0.3 is 0 Å². The van der Waals surface area contributed by atoms with E-state index in [1.165, 1.54) is 11.8 Å². The minimum Gasteiger partial charge on any atom is -0.387 e. The summed E-state index contributed by atoms with van der Waals surface area (Å²) in [5.74, 6) is 0. The van der Waals surface area contributed by atoms with Crippen molar-refractivity contribution in [3.63, 3.8) is 0 Å². The van der Waals surface area contributed by atoms with E-state index in [0.29, 0.717) is 0 Å². The fourth-order valence-corrected chi connectivity index (χ4v) is 2.77. The molecule has 4 N–H and O–H groups in total. The zero-order valence-corrected chi connectivity index (χ0v) is 11.2. The lowest BCUT2D eigenvalue weighted by molar-refractivity contribution is 0.175. The molecule has 3 nitrogen and oxygen atoms in total. The molecule has 0 bridgehead atoms. The van der Waals surface area contributed by atoms with Gasteiger partial charge in [-0.15, -0.1) is 0 Å². The van der Waals surface area contributed by atoms with Gasteiger partial charge in [-0.3, -0.25) is 5.41 Å². The Morgan fingerprint density at radius 3 is 1.89 bits per heavy atom. The summed E-state index contributed by atoms with van der Waals surface area (Å²) < 4.78 is 0. The van der Waals surface area contributed by atoms with Crippen LogP contribution in [0, 0.1) is 5.41 Å². The van der Waals surface area contributed by atoms with Gasteiger partial charge < -0.3 is 10.8 Å². The molecule has 0 spiro atoms. The molecule has 2 aromatic rings. The Bertz CT molecular complexity index is 530. The third-order valence-electron chi connectivity index (χ3n) is 2.81. The van der Waals surface area contributed by atoms with E-state index in [-0.39, 0.29) is 10.4 Å². The van der Waals surface area contributed by atoms with E-state index in [4.69, 9.17) is 11.1 Å². The van der Waals surface area contributed by atoms with Crippen LogP contribution >= 0.6 is 11.8 Å². The van der Waals surface area contributed by atoms with Crippen LogP contribution in [0.4, 0.5) is 0 Å².